The number of para-hydroxylation sites is 1. The van der Waals surface area contributed by atoms with Crippen LogP contribution in [0.1, 0.15) is 42.9 Å². The molecular formula is C27H24N2O8. The summed E-state index contributed by atoms with van der Waals surface area (Å²) in [7, 11) is 2.27. The van der Waals surface area contributed by atoms with E-state index in [0.29, 0.717) is 23.9 Å². The molecule has 0 fully saturated rings. The van der Waals surface area contributed by atoms with Gasteiger partial charge in [-0.1, -0.05) is 24.3 Å². The number of aryl methyl sites for hydroxylation is 1. The van der Waals surface area contributed by atoms with Gasteiger partial charge in [0, 0.05) is 19.2 Å². The molecule has 10 nitrogen and oxygen atoms in total. The second-order valence-electron chi connectivity index (χ2n) is 8.26. The highest BCUT2D eigenvalue weighted by Gasteiger charge is 2.55. The van der Waals surface area contributed by atoms with Crippen molar-refractivity contribution in [3.63, 3.8) is 0 Å². The lowest BCUT2D eigenvalue weighted by atomic mass is 9.79. The van der Waals surface area contributed by atoms with Crippen molar-refractivity contribution in [1.29, 1.82) is 0 Å². The monoisotopic (exact) mass is 504 g/mol. The second-order valence-corrected chi connectivity index (χ2v) is 8.26. The van der Waals surface area contributed by atoms with Crippen LogP contribution in [0.25, 0.3) is 16.7 Å². The Morgan fingerprint density at radius 1 is 0.811 bits per heavy atom. The summed E-state index contributed by atoms with van der Waals surface area (Å²) in [6.45, 7) is 2.52. The number of methoxy groups -OCH3 is 2. The Morgan fingerprint density at radius 3 is 2.11 bits per heavy atom. The number of allylic oxidation sites excluding steroid dienone is 1. The van der Waals surface area contributed by atoms with Crippen molar-refractivity contribution in [3.8, 4) is 5.75 Å². The van der Waals surface area contributed by atoms with Crippen LogP contribution in [0.5, 0.6) is 5.75 Å². The highest BCUT2D eigenvalue weighted by atomic mass is 16.6. The Hall–Kier alpha value is -4.60. The number of carbonyl (C=O) groups excluding carboxylic acids is 4. The average Bonchev–Trinajstić information content (AvgIpc) is 2.88. The van der Waals surface area contributed by atoms with Gasteiger partial charge < -0.3 is 18.9 Å². The van der Waals surface area contributed by atoms with Crippen LogP contribution in [0.4, 0.5) is 0 Å². The van der Waals surface area contributed by atoms with Crippen molar-refractivity contribution < 1.29 is 38.1 Å². The summed E-state index contributed by atoms with van der Waals surface area (Å²) in [5, 5.41) is 0.601. The minimum atomic E-state index is -2.24. The molecule has 0 saturated heterocycles. The van der Waals surface area contributed by atoms with E-state index in [2.05, 4.69) is 9.97 Å². The molecule has 2 heterocycles. The van der Waals surface area contributed by atoms with E-state index in [9.17, 15) is 19.2 Å². The molecule has 1 aromatic carbocycles. The van der Waals surface area contributed by atoms with E-state index in [1.807, 2.05) is 0 Å². The Labute approximate surface area is 212 Å². The summed E-state index contributed by atoms with van der Waals surface area (Å²) in [6, 6.07) is 11.3. The van der Waals surface area contributed by atoms with Gasteiger partial charge in [-0.15, -0.1) is 0 Å². The minimum absolute atomic E-state index is 0.0401. The zero-order valence-corrected chi connectivity index (χ0v) is 20.7. The van der Waals surface area contributed by atoms with Gasteiger partial charge in [-0.3, -0.25) is 9.59 Å². The molecule has 10 heteroatoms. The third-order valence-corrected chi connectivity index (χ3v) is 5.90. The van der Waals surface area contributed by atoms with E-state index >= 15 is 0 Å². The summed E-state index contributed by atoms with van der Waals surface area (Å²) >= 11 is 0. The van der Waals surface area contributed by atoms with Crippen LogP contribution in [0.2, 0.25) is 0 Å². The standard InChI is InChI=1S/C27H24N2O8/c1-15(30)36-19-9-5-7-17-11-13-21(28-23(17)19)27(25(32)34-3,26(33)35-4)22-14-12-18-8-6-10-20(24(18)29-22)37-16(2)31/h5,7,9-14H,6,8H2,1-4H3. The first-order valence-electron chi connectivity index (χ1n) is 11.4. The highest BCUT2D eigenvalue weighted by Crippen LogP contribution is 2.37. The van der Waals surface area contributed by atoms with Crippen LogP contribution in [-0.4, -0.2) is 48.1 Å². The fourth-order valence-corrected chi connectivity index (χ4v) is 4.32. The number of nitrogens with zero attached hydrogens (tertiary/aromatic N) is 2. The molecule has 0 N–H and O–H groups in total. The Bertz CT molecular complexity index is 1440. The number of aromatic nitrogens is 2. The van der Waals surface area contributed by atoms with Crippen LogP contribution in [0.15, 0.2) is 48.5 Å². The summed E-state index contributed by atoms with van der Waals surface area (Å²) < 4.78 is 20.8. The Kier molecular flexibility index (Phi) is 7.01. The molecule has 0 aliphatic heterocycles. The number of rotatable bonds is 6. The molecule has 1 aliphatic carbocycles. The number of carbonyl (C=O) groups is 4. The zero-order chi connectivity index (χ0) is 26.7. The molecule has 4 rings (SSSR count). The Balaban J connectivity index is 2.02. The third kappa shape index (κ3) is 4.53. The van der Waals surface area contributed by atoms with Crippen molar-refractivity contribution in [2.75, 3.05) is 14.2 Å². The molecule has 0 saturated carbocycles. The van der Waals surface area contributed by atoms with Gasteiger partial charge in [0.2, 0.25) is 5.41 Å². The predicted octanol–water partition coefficient (Wildman–Crippen LogP) is 3.04. The van der Waals surface area contributed by atoms with Crippen LogP contribution in [0, 0.1) is 0 Å². The first-order chi connectivity index (χ1) is 17.7. The molecule has 0 unspecified atom stereocenters. The lowest BCUT2D eigenvalue weighted by Crippen LogP contribution is -2.48. The minimum Gasteiger partial charge on any atom is -0.468 e. The SMILES string of the molecule is COC(=O)C(C(=O)OC)(c1ccc2c(n1)C(OC(C)=O)=CCC2)c1ccc2cccc(OC(C)=O)c2n1. The number of hydrogen-bond donors (Lipinski definition) is 0. The van der Waals surface area contributed by atoms with Gasteiger partial charge >= 0.3 is 23.9 Å². The number of ether oxygens (including phenoxy) is 4. The quantitative estimate of drug-likeness (QED) is 0.214. The molecule has 2 aromatic heterocycles. The van der Waals surface area contributed by atoms with Crippen LogP contribution < -0.4 is 4.74 Å². The van der Waals surface area contributed by atoms with Crippen LogP contribution in [0.3, 0.4) is 0 Å². The molecule has 0 radical (unpaired) electrons. The normalized spacial score (nSPS) is 12.7. The molecule has 0 atom stereocenters. The summed E-state index contributed by atoms with van der Waals surface area (Å²) in [5.41, 5.74) is -1.01. The number of fused-ring (bicyclic) bond motifs is 2. The number of benzene rings is 1. The number of hydrogen-bond acceptors (Lipinski definition) is 10. The van der Waals surface area contributed by atoms with Crippen LogP contribution in [-0.2, 0) is 45.2 Å². The van der Waals surface area contributed by atoms with Gasteiger partial charge in [-0.2, -0.15) is 0 Å². The number of esters is 4. The summed E-state index contributed by atoms with van der Waals surface area (Å²) in [4.78, 5) is 59.5. The molecule has 0 amide bonds. The van der Waals surface area contributed by atoms with E-state index in [1.165, 1.54) is 26.0 Å². The van der Waals surface area contributed by atoms with Gasteiger partial charge in [-0.05, 0) is 42.7 Å². The van der Waals surface area contributed by atoms with E-state index < -0.39 is 29.3 Å². The van der Waals surface area contributed by atoms with Gasteiger partial charge in [-0.25, -0.2) is 19.6 Å². The van der Waals surface area contributed by atoms with Gasteiger partial charge in [0.05, 0.1) is 25.6 Å². The van der Waals surface area contributed by atoms with Crippen molar-refractivity contribution in [1.82, 2.24) is 9.97 Å². The molecule has 37 heavy (non-hydrogen) atoms. The summed E-state index contributed by atoms with van der Waals surface area (Å²) in [5.74, 6) is -2.70. The molecule has 1 aliphatic rings. The van der Waals surface area contributed by atoms with Gasteiger partial charge in [0.25, 0.3) is 0 Å². The first kappa shape index (κ1) is 25.5. The topological polar surface area (TPSA) is 131 Å². The van der Waals surface area contributed by atoms with Gasteiger partial charge in [0.15, 0.2) is 11.5 Å². The van der Waals surface area contributed by atoms with E-state index in [-0.39, 0.29) is 28.4 Å². The van der Waals surface area contributed by atoms with Crippen LogP contribution >= 0.6 is 0 Å². The van der Waals surface area contributed by atoms with Crippen molar-refractivity contribution in [3.05, 3.63) is 71.2 Å². The van der Waals surface area contributed by atoms with Crippen molar-refractivity contribution in [2.45, 2.75) is 32.1 Å². The van der Waals surface area contributed by atoms with E-state index in [0.717, 1.165) is 19.8 Å². The summed E-state index contributed by atoms with van der Waals surface area (Å²) in [6.07, 6.45) is 2.97. The van der Waals surface area contributed by atoms with Gasteiger partial charge in [0.1, 0.15) is 11.2 Å². The molecule has 0 bridgehead atoms. The molecular weight excluding hydrogens is 480 g/mol. The lowest BCUT2D eigenvalue weighted by molar-refractivity contribution is -0.160. The van der Waals surface area contributed by atoms with Crippen molar-refractivity contribution in [2.24, 2.45) is 0 Å². The number of pyridine rings is 2. The lowest BCUT2D eigenvalue weighted by Gasteiger charge is -2.29. The molecule has 190 valence electrons. The fraction of sp³-hybridized carbons (Fsp3) is 0.259. The Morgan fingerprint density at radius 2 is 1.46 bits per heavy atom. The molecule has 3 aromatic rings. The highest BCUT2D eigenvalue weighted by molar-refractivity contribution is 6.09. The maximum Gasteiger partial charge on any atom is 0.335 e. The second kappa shape index (κ2) is 10.2. The maximum atomic E-state index is 13.5. The maximum absolute atomic E-state index is 13.5. The van der Waals surface area contributed by atoms with E-state index in [4.69, 9.17) is 18.9 Å². The average molecular weight is 504 g/mol. The molecule has 0 spiro atoms. The first-order valence-corrected chi connectivity index (χ1v) is 11.4. The largest absolute Gasteiger partial charge is 0.468 e. The van der Waals surface area contributed by atoms with E-state index in [1.54, 1.807) is 36.4 Å². The van der Waals surface area contributed by atoms with Crippen molar-refractivity contribution >= 4 is 40.5 Å². The third-order valence-electron chi connectivity index (χ3n) is 5.90. The zero-order valence-electron chi connectivity index (χ0n) is 20.7. The predicted molar refractivity (Wildman–Crippen MR) is 130 cm³/mol. The fourth-order valence-electron chi connectivity index (χ4n) is 4.32. The smallest absolute Gasteiger partial charge is 0.335 e.